The Morgan fingerprint density at radius 3 is 2.90 bits per heavy atom. The molecule has 2 aromatic rings. The third kappa shape index (κ3) is 4.28. The SMILES string of the molecule is c1ccc(O[C@H]2COCCN(Cc3cccnc3)C2)cc1. The predicted octanol–water partition coefficient (Wildman–Crippen LogP) is 2.36. The number of benzene rings is 1. The molecule has 0 aliphatic carbocycles. The van der Waals surface area contributed by atoms with Crippen LogP contribution in [0.25, 0.3) is 0 Å². The van der Waals surface area contributed by atoms with Crippen molar-refractivity contribution < 1.29 is 9.47 Å². The van der Waals surface area contributed by atoms with Crippen molar-refractivity contribution in [1.29, 1.82) is 0 Å². The summed E-state index contributed by atoms with van der Waals surface area (Å²) in [6.45, 7) is 4.05. The lowest BCUT2D eigenvalue weighted by molar-refractivity contribution is 0.0710. The van der Waals surface area contributed by atoms with Crippen LogP contribution < -0.4 is 4.74 Å². The average molecular weight is 284 g/mol. The molecule has 3 rings (SSSR count). The van der Waals surface area contributed by atoms with Crippen molar-refractivity contribution >= 4 is 0 Å². The zero-order valence-corrected chi connectivity index (χ0v) is 12.0. The maximum absolute atomic E-state index is 6.02. The molecule has 21 heavy (non-hydrogen) atoms. The van der Waals surface area contributed by atoms with Gasteiger partial charge in [-0.05, 0) is 23.8 Å². The van der Waals surface area contributed by atoms with Crippen LogP contribution in [0.1, 0.15) is 5.56 Å². The number of nitrogens with zero attached hydrogens (tertiary/aromatic N) is 2. The second-order valence-corrected chi connectivity index (χ2v) is 5.22. The number of pyridine rings is 1. The molecular weight excluding hydrogens is 264 g/mol. The molecule has 1 aliphatic rings. The van der Waals surface area contributed by atoms with Gasteiger partial charge >= 0.3 is 0 Å². The Labute approximate surface area is 125 Å². The number of aromatic nitrogens is 1. The Kier molecular flexibility index (Phi) is 4.82. The molecule has 1 aromatic heterocycles. The molecule has 1 aromatic carbocycles. The smallest absolute Gasteiger partial charge is 0.135 e. The Morgan fingerprint density at radius 2 is 2.10 bits per heavy atom. The van der Waals surface area contributed by atoms with Gasteiger partial charge in [-0.1, -0.05) is 24.3 Å². The van der Waals surface area contributed by atoms with Gasteiger partial charge in [0, 0.05) is 32.0 Å². The standard InChI is InChI=1S/C17H20N2O2/c1-2-6-16(7-3-1)21-17-13-19(9-10-20-14-17)12-15-5-4-8-18-11-15/h1-8,11,17H,9-10,12-14H2/t17-/m1/s1. The normalized spacial score (nSPS) is 19.9. The molecule has 4 nitrogen and oxygen atoms in total. The van der Waals surface area contributed by atoms with Crippen LogP contribution >= 0.6 is 0 Å². The highest BCUT2D eigenvalue weighted by Gasteiger charge is 2.20. The maximum Gasteiger partial charge on any atom is 0.135 e. The van der Waals surface area contributed by atoms with Crippen molar-refractivity contribution in [3.8, 4) is 5.75 Å². The fourth-order valence-corrected chi connectivity index (χ4v) is 2.50. The van der Waals surface area contributed by atoms with E-state index in [0.717, 1.165) is 32.0 Å². The third-order valence-corrected chi connectivity index (χ3v) is 3.49. The van der Waals surface area contributed by atoms with E-state index >= 15 is 0 Å². The first kappa shape index (κ1) is 14.0. The molecule has 0 spiro atoms. The van der Waals surface area contributed by atoms with Gasteiger partial charge < -0.3 is 9.47 Å². The van der Waals surface area contributed by atoms with Crippen molar-refractivity contribution in [2.75, 3.05) is 26.3 Å². The van der Waals surface area contributed by atoms with Crippen LogP contribution in [0.5, 0.6) is 5.75 Å². The number of hydrogen-bond donors (Lipinski definition) is 0. The second kappa shape index (κ2) is 7.20. The predicted molar refractivity (Wildman–Crippen MR) is 81.2 cm³/mol. The van der Waals surface area contributed by atoms with Crippen LogP contribution in [0.3, 0.4) is 0 Å². The lowest BCUT2D eigenvalue weighted by Gasteiger charge is -2.24. The van der Waals surface area contributed by atoms with Gasteiger partial charge in [0.2, 0.25) is 0 Å². The largest absolute Gasteiger partial charge is 0.487 e. The Bertz CT molecular complexity index is 484. The summed E-state index contributed by atoms with van der Waals surface area (Å²) in [4.78, 5) is 6.53. The van der Waals surface area contributed by atoms with Crippen molar-refractivity contribution in [2.24, 2.45) is 0 Å². The van der Waals surface area contributed by atoms with Crippen LogP contribution in [0.15, 0.2) is 54.9 Å². The third-order valence-electron chi connectivity index (χ3n) is 3.49. The molecule has 1 saturated heterocycles. The maximum atomic E-state index is 6.02. The van der Waals surface area contributed by atoms with Gasteiger partial charge in [0.25, 0.3) is 0 Å². The molecule has 0 unspecified atom stereocenters. The van der Waals surface area contributed by atoms with Crippen molar-refractivity contribution in [3.05, 3.63) is 60.4 Å². The molecule has 110 valence electrons. The van der Waals surface area contributed by atoms with E-state index in [1.165, 1.54) is 5.56 Å². The highest BCUT2D eigenvalue weighted by molar-refractivity contribution is 5.21. The van der Waals surface area contributed by atoms with Gasteiger partial charge in [-0.25, -0.2) is 0 Å². The second-order valence-electron chi connectivity index (χ2n) is 5.22. The average Bonchev–Trinajstić information content (AvgIpc) is 2.74. The highest BCUT2D eigenvalue weighted by atomic mass is 16.5. The summed E-state index contributed by atoms with van der Waals surface area (Å²) in [6.07, 6.45) is 3.78. The van der Waals surface area contributed by atoms with Crippen molar-refractivity contribution in [2.45, 2.75) is 12.6 Å². The summed E-state index contributed by atoms with van der Waals surface area (Å²) in [7, 11) is 0. The van der Waals surface area contributed by atoms with Crippen LogP contribution in [0.4, 0.5) is 0 Å². The Balaban J connectivity index is 1.61. The molecule has 4 heteroatoms. The number of rotatable bonds is 4. The van der Waals surface area contributed by atoms with Crippen molar-refractivity contribution in [1.82, 2.24) is 9.88 Å². The Morgan fingerprint density at radius 1 is 1.19 bits per heavy atom. The quantitative estimate of drug-likeness (QED) is 0.863. The lowest BCUT2D eigenvalue weighted by atomic mass is 10.2. The summed E-state index contributed by atoms with van der Waals surface area (Å²) in [5, 5.41) is 0. The first-order valence-electron chi connectivity index (χ1n) is 7.31. The van der Waals surface area contributed by atoms with E-state index in [-0.39, 0.29) is 6.10 Å². The van der Waals surface area contributed by atoms with Crippen molar-refractivity contribution in [3.63, 3.8) is 0 Å². The summed E-state index contributed by atoms with van der Waals surface area (Å²) in [6, 6.07) is 14.0. The van der Waals surface area contributed by atoms with E-state index in [9.17, 15) is 0 Å². The van der Waals surface area contributed by atoms with E-state index in [1.807, 2.05) is 42.6 Å². The topological polar surface area (TPSA) is 34.6 Å². The number of ether oxygens (including phenoxy) is 2. The van der Waals surface area contributed by atoms with Gasteiger partial charge in [0.05, 0.1) is 13.2 Å². The van der Waals surface area contributed by atoms with E-state index < -0.39 is 0 Å². The first-order chi connectivity index (χ1) is 10.4. The zero-order valence-electron chi connectivity index (χ0n) is 12.0. The van der Waals surface area contributed by atoms with Gasteiger partial charge in [-0.2, -0.15) is 0 Å². The van der Waals surface area contributed by atoms with Crippen LogP contribution in [-0.4, -0.2) is 42.3 Å². The van der Waals surface area contributed by atoms with E-state index in [4.69, 9.17) is 9.47 Å². The van der Waals surface area contributed by atoms with Crippen LogP contribution in [-0.2, 0) is 11.3 Å². The van der Waals surface area contributed by atoms with Gasteiger partial charge in [0.15, 0.2) is 0 Å². The zero-order chi connectivity index (χ0) is 14.3. The van der Waals surface area contributed by atoms with E-state index in [0.29, 0.717) is 6.61 Å². The van der Waals surface area contributed by atoms with E-state index in [2.05, 4.69) is 16.0 Å². The minimum atomic E-state index is 0.0616. The highest BCUT2D eigenvalue weighted by Crippen LogP contribution is 2.14. The van der Waals surface area contributed by atoms with Crippen LogP contribution in [0.2, 0.25) is 0 Å². The molecule has 1 atom stereocenters. The monoisotopic (exact) mass is 284 g/mol. The summed E-state index contributed by atoms with van der Waals surface area (Å²) in [5.74, 6) is 0.898. The molecule has 0 radical (unpaired) electrons. The Hall–Kier alpha value is -1.91. The molecule has 2 heterocycles. The molecule has 0 N–H and O–H groups in total. The number of hydrogen-bond acceptors (Lipinski definition) is 4. The minimum Gasteiger partial charge on any atom is -0.487 e. The van der Waals surface area contributed by atoms with Gasteiger partial charge in [-0.3, -0.25) is 9.88 Å². The fourth-order valence-electron chi connectivity index (χ4n) is 2.50. The van der Waals surface area contributed by atoms with Crippen LogP contribution in [0, 0.1) is 0 Å². The molecular formula is C17H20N2O2. The summed E-state index contributed by atoms with van der Waals surface area (Å²) < 4.78 is 11.7. The lowest BCUT2D eigenvalue weighted by Crippen LogP contribution is -2.35. The number of para-hydroxylation sites is 1. The molecule has 0 bridgehead atoms. The van der Waals surface area contributed by atoms with Gasteiger partial charge in [0.1, 0.15) is 11.9 Å². The first-order valence-corrected chi connectivity index (χ1v) is 7.31. The summed E-state index contributed by atoms with van der Waals surface area (Å²) in [5.41, 5.74) is 1.22. The molecule has 1 aliphatic heterocycles. The van der Waals surface area contributed by atoms with E-state index in [1.54, 1.807) is 6.20 Å². The molecule has 0 amide bonds. The fraction of sp³-hybridized carbons (Fsp3) is 0.353. The molecule has 0 saturated carbocycles. The summed E-state index contributed by atoms with van der Waals surface area (Å²) >= 11 is 0. The molecule has 1 fully saturated rings. The van der Waals surface area contributed by atoms with Gasteiger partial charge in [-0.15, -0.1) is 0 Å². The minimum absolute atomic E-state index is 0.0616.